The van der Waals surface area contributed by atoms with Crippen molar-refractivity contribution < 1.29 is 14.5 Å². The number of para-hydroxylation sites is 1. The topological polar surface area (TPSA) is 81.8 Å². The number of aliphatic imine (C=N–C) groups is 1. The second-order valence-corrected chi connectivity index (χ2v) is 6.36. The van der Waals surface area contributed by atoms with Crippen molar-refractivity contribution in [1.82, 2.24) is 0 Å². The zero-order chi connectivity index (χ0) is 20.1. The third-order valence-corrected chi connectivity index (χ3v) is 4.16. The van der Waals surface area contributed by atoms with Crippen molar-refractivity contribution >= 4 is 35.2 Å². The molecule has 0 bridgehead atoms. The molecule has 0 aromatic heterocycles. The van der Waals surface area contributed by atoms with Crippen LogP contribution in [0.15, 0.2) is 71.7 Å². The normalized spacial score (nSPS) is 10.8. The molecular formula is C21H15ClN2O4. The van der Waals surface area contributed by atoms with Gasteiger partial charge in [0.05, 0.1) is 21.2 Å². The quantitative estimate of drug-likeness (QED) is 0.187. The maximum absolute atomic E-state index is 12.3. The molecule has 140 valence electrons. The van der Waals surface area contributed by atoms with E-state index in [0.717, 1.165) is 5.56 Å². The summed E-state index contributed by atoms with van der Waals surface area (Å²) in [5.41, 5.74) is 1.89. The lowest BCUT2D eigenvalue weighted by Gasteiger charge is -2.06. The molecule has 6 nitrogen and oxygen atoms in total. The number of nitro groups is 1. The van der Waals surface area contributed by atoms with Crippen LogP contribution in [-0.2, 0) is 0 Å². The summed E-state index contributed by atoms with van der Waals surface area (Å²) < 4.78 is 5.24. The lowest BCUT2D eigenvalue weighted by atomic mass is 10.1. The number of ether oxygens (including phenoxy) is 1. The molecule has 0 aliphatic heterocycles. The number of hydrogen-bond acceptors (Lipinski definition) is 5. The number of nitro benzene ring substituents is 1. The lowest BCUT2D eigenvalue weighted by molar-refractivity contribution is -0.385. The molecular weight excluding hydrogens is 380 g/mol. The molecule has 0 spiro atoms. The monoisotopic (exact) mass is 394 g/mol. The van der Waals surface area contributed by atoms with Crippen molar-refractivity contribution in [2.75, 3.05) is 0 Å². The number of carbonyl (C=O) groups excluding carboxylic acids is 1. The Hall–Kier alpha value is -3.51. The Kier molecular flexibility index (Phi) is 5.81. The van der Waals surface area contributed by atoms with Crippen LogP contribution in [0.2, 0.25) is 5.02 Å². The average Bonchev–Trinajstić information content (AvgIpc) is 2.68. The highest BCUT2D eigenvalue weighted by atomic mass is 35.5. The van der Waals surface area contributed by atoms with Gasteiger partial charge in [0.2, 0.25) is 5.75 Å². The SMILES string of the molecule is Cc1cccc(C(=O)Oc2ccc(C=Nc3ccccc3Cl)cc2[N+](=O)[O-])c1. The first-order valence-corrected chi connectivity index (χ1v) is 8.68. The van der Waals surface area contributed by atoms with Gasteiger partial charge in [-0.1, -0.05) is 41.4 Å². The minimum Gasteiger partial charge on any atom is -0.416 e. The molecule has 28 heavy (non-hydrogen) atoms. The fourth-order valence-electron chi connectivity index (χ4n) is 2.48. The summed E-state index contributed by atoms with van der Waals surface area (Å²) in [7, 11) is 0. The predicted molar refractivity (Wildman–Crippen MR) is 108 cm³/mol. The van der Waals surface area contributed by atoms with Crippen LogP contribution < -0.4 is 4.74 Å². The standard InChI is InChI=1S/C21H15ClN2O4/c1-14-5-4-6-16(11-14)21(25)28-20-10-9-15(12-19(20)24(26)27)13-23-18-8-3-2-7-17(18)22/h2-13H,1H3. The van der Waals surface area contributed by atoms with Crippen LogP contribution in [0.5, 0.6) is 5.75 Å². The van der Waals surface area contributed by atoms with E-state index in [1.165, 1.54) is 18.3 Å². The van der Waals surface area contributed by atoms with Crippen molar-refractivity contribution in [1.29, 1.82) is 0 Å². The molecule has 0 aliphatic rings. The van der Waals surface area contributed by atoms with E-state index in [2.05, 4.69) is 4.99 Å². The minimum atomic E-state index is -0.663. The first-order valence-electron chi connectivity index (χ1n) is 8.30. The smallest absolute Gasteiger partial charge is 0.343 e. The first kappa shape index (κ1) is 19.3. The molecule has 0 unspecified atom stereocenters. The summed E-state index contributed by atoms with van der Waals surface area (Å²) in [5.74, 6) is -0.796. The number of esters is 1. The molecule has 0 atom stereocenters. The number of benzene rings is 3. The van der Waals surface area contributed by atoms with Gasteiger partial charge < -0.3 is 4.74 Å². The third kappa shape index (κ3) is 4.61. The van der Waals surface area contributed by atoms with Crippen LogP contribution in [0.1, 0.15) is 21.5 Å². The zero-order valence-corrected chi connectivity index (χ0v) is 15.6. The van der Waals surface area contributed by atoms with Gasteiger partial charge in [-0.2, -0.15) is 0 Å². The minimum absolute atomic E-state index is 0.133. The highest BCUT2D eigenvalue weighted by molar-refractivity contribution is 6.33. The van der Waals surface area contributed by atoms with E-state index in [1.54, 1.807) is 48.5 Å². The summed E-state index contributed by atoms with van der Waals surface area (Å²) in [6.45, 7) is 1.84. The van der Waals surface area contributed by atoms with Crippen LogP contribution in [0, 0.1) is 17.0 Å². The molecule has 0 aliphatic carbocycles. The van der Waals surface area contributed by atoms with E-state index < -0.39 is 10.9 Å². The Bertz CT molecular complexity index is 1080. The zero-order valence-electron chi connectivity index (χ0n) is 14.8. The van der Waals surface area contributed by atoms with Gasteiger partial charge in [0, 0.05) is 12.3 Å². The van der Waals surface area contributed by atoms with E-state index in [9.17, 15) is 14.9 Å². The molecule has 3 aromatic rings. The van der Waals surface area contributed by atoms with E-state index in [4.69, 9.17) is 16.3 Å². The molecule has 0 N–H and O–H groups in total. The second kappa shape index (κ2) is 8.45. The van der Waals surface area contributed by atoms with Gasteiger partial charge in [0.25, 0.3) is 0 Å². The average molecular weight is 395 g/mol. The summed E-state index contributed by atoms with van der Waals surface area (Å²) in [4.78, 5) is 27.3. The highest BCUT2D eigenvalue weighted by Crippen LogP contribution is 2.29. The number of aryl methyl sites for hydroxylation is 1. The maximum atomic E-state index is 12.3. The van der Waals surface area contributed by atoms with Gasteiger partial charge in [-0.3, -0.25) is 15.1 Å². The van der Waals surface area contributed by atoms with E-state index in [1.807, 2.05) is 13.0 Å². The Balaban J connectivity index is 1.86. The van der Waals surface area contributed by atoms with Crippen LogP contribution in [0.25, 0.3) is 0 Å². The lowest BCUT2D eigenvalue weighted by Crippen LogP contribution is -2.10. The molecule has 0 saturated carbocycles. The van der Waals surface area contributed by atoms with Gasteiger partial charge in [0.1, 0.15) is 0 Å². The largest absolute Gasteiger partial charge is 0.416 e. The predicted octanol–water partition coefficient (Wildman–Crippen LogP) is 5.53. The Labute approximate surface area is 166 Å². The van der Waals surface area contributed by atoms with Crippen molar-refractivity contribution in [3.8, 4) is 5.75 Å². The maximum Gasteiger partial charge on any atom is 0.343 e. The molecule has 3 rings (SSSR count). The van der Waals surface area contributed by atoms with Gasteiger partial charge in [-0.05, 0) is 48.9 Å². The van der Waals surface area contributed by atoms with E-state index in [0.29, 0.717) is 21.8 Å². The van der Waals surface area contributed by atoms with Crippen LogP contribution in [0.4, 0.5) is 11.4 Å². The summed E-state index contributed by atoms with van der Waals surface area (Å²) in [6.07, 6.45) is 1.46. The molecule has 0 saturated heterocycles. The van der Waals surface area contributed by atoms with Crippen molar-refractivity contribution in [3.63, 3.8) is 0 Å². The van der Waals surface area contributed by atoms with Gasteiger partial charge >= 0.3 is 11.7 Å². The molecule has 7 heteroatoms. The number of rotatable bonds is 5. The first-order chi connectivity index (χ1) is 13.4. The number of hydrogen-bond donors (Lipinski definition) is 0. The van der Waals surface area contributed by atoms with Crippen LogP contribution >= 0.6 is 11.6 Å². The summed E-state index contributed by atoms with van der Waals surface area (Å²) in [6, 6.07) is 18.0. The van der Waals surface area contributed by atoms with E-state index >= 15 is 0 Å². The van der Waals surface area contributed by atoms with Crippen molar-refractivity contribution in [3.05, 3.63) is 98.6 Å². The Morgan fingerprint density at radius 1 is 1.11 bits per heavy atom. The fraction of sp³-hybridized carbons (Fsp3) is 0.0476. The number of halogens is 1. The Morgan fingerprint density at radius 3 is 2.61 bits per heavy atom. The molecule has 3 aromatic carbocycles. The Morgan fingerprint density at radius 2 is 1.89 bits per heavy atom. The van der Waals surface area contributed by atoms with Crippen molar-refractivity contribution in [2.45, 2.75) is 6.92 Å². The van der Waals surface area contributed by atoms with Gasteiger partial charge in [-0.25, -0.2) is 4.79 Å². The highest BCUT2D eigenvalue weighted by Gasteiger charge is 2.19. The third-order valence-electron chi connectivity index (χ3n) is 3.84. The van der Waals surface area contributed by atoms with E-state index in [-0.39, 0.29) is 11.4 Å². The molecule has 0 amide bonds. The summed E-state index contributed by atoms with van der Waals surface area (Å²) >= 11 is 6.04. The molecule has 0 fully saturated rings. The van der Waals surface area contributed by atoms with Gasteiger partial charge in [-0.15, -0.1) is 0 Å². The summed E-state index contributed by atoms with van der Waals surface area (Å²) in [5, 5.41) is 11.9. The number of carbonyl (C=O) groups is 1. The van der Waals surface area contributed by atoms with Crippen molar-refractivity contribution in [2.24, 2.45) is 4.99 Å². The van der Waals surface area contributed by atoms with Gasteiger partial charge in [0.15, 0.2) is 0 Å². The van der Waals surface area contributed by atoms with Crippen LogP contribution in [-0.4, -0.2) is 17.1 Å². The number of nitrogens with zero attached hydrogens (tertiary/aromatic N) is 2. The van der Waals surface area contributed by atoms with Crippen LogP contribution in [0.3, 0.4) is 0 Å². The molecule has 0 heterocycles. The second-order valence-electron chi connectivity index (χ2n) is 5.95. The molecule has 0 radical (unpaired) electrons. The fourth-order valence-corrected chi connectivity index (χ4v) is 2.66.